The Kier molecular flexibility index (Phi) is 7.39. The molecule has 0 spiro atoms. The van der Waals surface area contributed by atoms with Crippen LogP contribution in [0.2, 0.25) is 0 Å². The number of aryl methyl sites for hydroxylation is 1. The summed E-state index contributed by atoms with van der Waals surface area (Å²) in [6.45, 7) is 2.65. The number of nitrogens with one attached hydrogen (secondary N) is 1. The van der Waals surface area contributed by atoms with Crippen LogP contribution in [0.25, 0.3) is 11.1 Å². The maximum Gasteiger partial charge on any atom is 0.274 e. The lowest BCUT2D eigenvalue weighted by Crippen LogP contribution is -2.31. The van der Waals surface area contributed by atoms with Crippen molar-refractivity contribution in [1.82, 2.24) is 9.79 Å². The largest absolute Gasteiger partial charge is 0.497 e. The zero-order valence-electron chi connectivity index (χ0n) is 19.7. The first-order valence-corrected chi connectivity index (χ1v) is 12.8. The lowest BCUT2D eigenvalue weighted by atomic mass is 9.99. The molecule has 184 valence electrons. The molecule has 1 heterocycles. The molecule has 4 rings (SSSR count). The lowest BCUT2D eigenvalue weighted by molar-refractivity contribution is 0.0705. The highest BCUT2D eigenvalue weighted by molar-refractivity contribution is 7.89. The number of hydrogen-bond donors (Lipinski definition) is 2. The summed E-state index contributed by atoms with van der Waals surface area (Å²) >= 11 is 0. The number of carbonyl (C=O) groups is 1. The van der Waals surface area contributed by atoms with Gasteiger partial charge in [-0.25, -0.2) is 13.9 Å². The number of amides is 1. The van der Waals surface area contributed by atoms with Crippen molar-refractivity contribution in [3.05, 3.63) is 77.4 Å². The minimum atomic E-state index is -3.76. The van der Waals surface area contributed by atoms with E-state index in [4.69, 9.17) is 14.7 Å². The number of rotatable bonds is 7. The Balaban J connectivity index is 1.63. The van der Waals surface area contributed by atoms with Gasteiger partial charge in [-0.05, 0) is 72.9 Å². The normalized spacial score (nSPS) is 14.0. The number of hydroxylamine groups is 1. The average Bonchev–Trinajstić information content (AvgIpc) is 3.12. The van der Waals surface area contributed by atoms with Crippen molar-refractivity contribution in [3.63, 3.8) is 0 Å². The van der Waals surface area contributed by atoms with Crippen LogP contribution in [0.3, 0.4) is 0 Å². The molecule has 3 aromatic rings. The van der Waals surface area contributed by atoms with Crippen LogP contribution in [0.5, 0.6) is 11.5 Å². The second-order valence-corrected chi connectivity index (χ2v) is 10.1. The van der Waals surface area contributed by atoms with Gasteiger partial charge in [-0.15, -0.1) is 0 Å². The summed E-state index contributed by atoms with van der Waals surface area (Å²) in [5, 5.41) is 9.03. The number of fused-ring (bicyclic) bond motifs is 1. The van der Waals surface area contributed by atoms with E-state index in [-0.39, 0.29) is 17.0 Å². The summed E-state index contributed by atoms with van der Waals surface area (Å²) in [4.78, 5) is 12.2. The molecule has 9 heteroatoms. The number of hydrogen-bond acceptors (Lipinski definition) is 6. The SMILES string of the molecule is CCOc1cc(C(=O)NO)cc2c1CN(S(=O)(=O)c1ccc(-c3ccc(OC)cc3)cc1)CCC2. The van der Waals surface area contributed by atoms with Gasteiger partial charge in [0.25, 0.3) is 5.91 Å². The fourth-order valence-corrected chi connectivity index (χ4v) is 5.69. The van der Waals surface area contributed by atoms with E-state index in [0.29, 0.717) is 31.7 Å². The van der Waals surface area contributed by atoms with Gasteiger partial charge in [0, 0.05) is 24.2 Å². The predicted molar refractivity (Wildman–Crippen MR) is 131 cm³/mol. The number of sulfonamides is 1. The van der Waals surface area contributed by atoms with Gasteiger partial charge in [-0.3, -0.25) is 10.0 Å². The maximum atomic E-state index is 13.5. The van der Waals surface area contributed by atoms with Crippen molar-refractivity contribution >= 4 is 15.9 Å². The molecule has 0 aromatic heterocycles. The zero-order chi connectivity index (χ0) is 25.0. The topological polar surface area (TPSA) is 105 Å². The molecule has 0 aliphatic carbocycles. The van der Waals surface area contributed by atoms with Crippen molar-refractivity contribution in [3.8, 4) is 22.6 Å². The summed E-state index contributed by atoms with van der Waals surface area (Å²) in [6, 6.07) is 17.6. The lowest BCUT2D eigenvalue weighted by Gasteiger charge is -2.22. The molecule has 35 heavy (non-hydrogen) atoms. The van der Waals surface area contributed by atoms with Gasteiger partial charge in [0.15, 0.2) is 0 Å². The van der Waals surface area contributed by atoms with Crippen molar-refractivity contribution in [2.45, 2.75) is 31.2 Å². The molecule has 0 saturated carbocycles. The number of ether oxygens (including phenoxy) is 2. The van der Waals surface area contributed by atoms with Gasteiger partial charge in [-0.1, -0.05) is 24.3 Å². The van der Waals surface area contributed by atoms with Crippen molar-refractivity contribution < 1.29 is 27.9 Å². The van der Waals surface area contributed by atoms with Crippen molar-refractivity contribution in [2.75, 3.05) is 20.3 Å². The number of nitrogens with zero attached hydrogens (tertiary/aromatic N) is 1. The molecule has 0 saturated heterocycles. The first-order valence-electron chi connectivity index (χ1n) is 11.3. The fourth-order valence-electron chi connectivity index (χ4n) is 4.24. The van der Waals surface area contributed by atoms with Crippen LogP contribution < -0.4 is 15.0 Å². The second-order valence-electron chi connectivity index (χ2n) is 8.18. The predicted octanol–water partition coefficient (Wildman–Crippen LogP) is 4.02. The van der Waals surface area contributed by atoms with E-state index in [1.165, 1.54) is 10.4 Å². The third kappa shape index (κ3) is 5.17. The summed E-state index contributed by atoms with van der Waals surface area (Å²) in [7, 11) is -2.15. The van der Waals surface area contributed by atoms with E-state index in [9.17, 15) is 13.2 Å². The quantitative estimate of drug-likeness (QED) is 0.378. The Bertz CT molecular complexity index is 1300. The van der Waals surface area contributed by atoms with Gasteiger partial charge >= 0.3 is 0 Å². The van der Waals surface area contributed by atoms with Crippen LogP contribution in [0.4, 0.5) is 0 Å². The van der Waals surface area contributed by atoms with Crippen LogP contribution >= 0.6 is 0 Å². The minimum absolute atomic E-state index is 0.133. The molecule has 1 amide bonds. The molecule has 1 aliphatic rings. The Hall–Kier alpha value is -3.40. The van der Waals surface area contributed by atoms with Gasteiger partial charge in [0.2, 0.25) is 10.0 Å². The second kappa shape index (κ2) is 10.5. The van der Waals surface area contributed by atoms with E-state index >= 15 is 0 Å². The molecule has 2 N–H and O–H groups in total. The Morgan fingerprint density at radius 3 is 2.31 bits per heavy atom. The Morgan fingerprint density at radius 1 is 1.06 bits per heavy atom. The number of benzene rings is 3. The molecular weight excluding hydrogens is 468 g/mol. The fraction of sp³-hybridized carbons (Fsp3) is 0.269. The van der Waals surface area contributed by atoms with Gasteiger partial charge in [0.05, 0.1) is 18.6 Å². The zero-order valence-corrected chi connectivity index (χ0v) is 20.5. The molecular formula is C26H28N2O6S. The molecule has 0 atom stereocenters. The van der Waals surface area contributed by atoms with Crippen LogP contribution in [0.1, 0.15) is 34.8 Å². The Morgan fingerprint density at radius 2 is 1.71 bits per heavy atom. The molecule has 0 radical (unpaired) electrons. The van der Waals surface area contributed by atoms with Crippen LogP contribution in [-0.4, -0.2) is 44.1 Å². The minimum Gasteiger partial charge on any atom is -0.497 e. The van der Waals surface area contributed by atoms with Crippen molar-refractivity contribution in [1.29, 1.82) is 0 Å². The highest BCUT2D eigenvalue weighted by atomic mass is 32.2. The van der Waals surface area contributed by atoms with E-state index in [2.05, 4.69) is 0 Å². The van der Waals surface area contributed by atoms with Crippen LogP contribution in [0.15, 0.2) is 65.6 Å². The summed E-state index contributed by atoms with van der Waals surface area (Å²) in [5.74, 6) is 0.560. The summed E-state index contributed by atoms with van der Waals surface area (Å²) in [6.07, 6.45) is 1.18. The molecule has 1 aliphatic heterocycles. The van der Waals surface area contributed by atoms with Gasteiger partial charge in [0.1, 0.15) is 11.5 Å². The van der Waals surface area contributed by atoms with Gasteiger partial charge in [-0.2, -0.15) is 4.31 Å². The monoisotopic (exact) mass is 496 g/mol. The van der Waals surface area contributed by atoms with Crippen LogP contribution in [0, 0.1) is 0 Å². The van der Waals surface area contributed by atoms with Crippen LogP contribution in [-0.2, 0) is 23.0 Å². The van der Waals surface area contributed by atoms with Crippen molar-refractivity contribution in [2.24, 2.45) is 0 Å². The Labute approximate surface area is 205 Å². The molecule has 0 fully saturated rings. The average molecular weight is 497 g/mol. The highest BCUT2D eigenvalue weighted by Gasteiger charge is 2.29. The first-order chi connectivity index (χ1) is 16.9. The summed E-state index contributed by atoms with van der Waals surface area (Å²) < 4.78 is 39.5. The molecule has 0 bridgehead atoms. The maximum absolute atomic E-state index is 13.5. The highest BCUT2D eigenvalue weighted by Crippen LogP contribution is 2.33. The third-order valence-electron chi connectivity index (χ3n) is 6.07. The third-order valence-corrected chi connectivity index (χ3v) is 7.93. The first kappa shape index (κ1) is 24.7. The molecule has 3 aromatic carbocycles. The van der Waals surface area contributed by atoms with E-state index in [1.54, 1.807) is 42.9 Å². The number of methoxy groups -OCH3 is 1. The number of carbonyl (C=O) groups excluding carboxylic acids is 1. The summed E-state index contributed by atoms with van der Waals surface area (Å²) in [5.41, 5.74) is 5.34. The standard InChI is InChI=1S/C26H28N2O6S/c1-3-34-25-16-21(26(29)27-30)15-20-5-4-14-28(17-24(20)25)35(31,32)23-12-8-19(9-13-23)18-6-10-22(33-2)11-7-18/h6-13,15-16,30H,3-5,14,17H2,1-2H3,(H,27,29). The van der Waals surface area contributed by atoms with E-state index < -0.39 is 15.9 Å². The molecule has 0 unspecified atom stereocenters. The van der Waals surface area contributed by atoms with Gasteiger partial charge < -0.3 is 9.47 Å². The smallest absolute Gasteiger partial charge is 0.274 e. The molecule has 8 nitrogen and oxygen atoms in total. The van der Waals surface area contributed by atoms with E-state index in [1.807, 2.05) is 31.2 Å². The van der Waals surface area contributed by atoms with E-state index in [0.717, 1.165) is 28.0 Å².